The molecule has 0 bridgehead atoms. The number of likely N-dealkylation sites (N-methyl/N-ethyl adjacent to an activating group) is 1. The summed E-state index contributed by atoms with van der Waals surface area (Å²) in [7, 11) is 8.46. The molecule has 2 aliphatic heterocycles. The van der Waals surface area contributed by atoms with Crippen LogP contribution in [0.5, 0.6) is 0 Å². The molecule has 25 heavy (non-hydrogen) atoms. The molecule has 9 heteroatoms. The summed E-state index contributed by atoms with van der Waals surface area (Å²) in [6.45, 7) is 3.77. The number of piperazine rings is 1. The van der Waals surface area contributed by atoms with E-state index in [9.17, 15) is 5.11 Å². The highest BCUT2D eigenvalue weighted by Crippen LogP contribution is 2.33. The lowest BCUT2D eigenvalue weighted by atomic mass is 10.1. The minimum absolute atomic E-state index is 0.461. The predicted molar refractivity (Wildman–Crippen MR) is 92.7 cm³/mol. The van der Waals surface area contributed by atoms with Crippen LogP contribution in [0.15, 0.2) is 5.70 Å². The number of anilines is 1. The first kappa shape index (κ1) is 18.2. The van der Waals surface area contributed by atoms with Gasteiger partial charge in [-0.1, -0.05) is 0 Å². The van der Waals surface area contributed by atoms with Gasteiger partial charge in [0.05, 0.1) is 11.4 Å². The second kappa shape index (κ2) is 6.93. The molecule has 1 unspecified atom stereocenters. The number of imidazole rings is 1. The molecule has 0 spiro atoms. The van der Waals surface area contributed by atoms with Crippen molar-refractivity contribution in [3.63, 3.8) is 0 Å². The molecule has 1 atom stereocenters. The third-order valence-corrected chi connectivity index (χ3v) is 4.90. The molecule has 1 aromatic rings. The van der Waals surface area contributed by atoms with Crippen LogP contribution < -0.4 is 10.2 Å². The summed E-state index contributed by atoms with van der Waals surface area (Å²) in [4.78, 5) is 9.26. The van der Waals surface area contributed by atoms with Gasteiger partial charge in [-0.2, -0.15) is 0 Å². The number of methoxy groups -OCH3 is 3. The van der Waals surface area contributed by atoms with E-state index < -0.39 is 12.2 Å². The van der Waals surface area contributed by atoms with E-state index in [1.165, 1.54) is 21.3 Å². The summed E-state index contributed by atoms with van der Waals surface area (Å²) in [5.74, 6) is -0.571. The summed E-state index contributed by atoms with van der Waals surface area (Å²) >= 11 is 0. The Kier molecular flexibility index (Phi) is 5.03. The number of nitrogens with one attached hydrogen (secondary N) is 1. The van der Waals surface area contributed by atoms with E-state index in [-0.39, 0.29) is 0 Å². The molecule has 0 amide bonds. The first-order chi connectivity index (χ1) is 12.0. The summed E-state index contributed by atoms with van der Waals surface area (Å²) in [6.07, 6.45) is 0.853. The van der Waals surface area contributed by atoms with Crippen LogP contribution in [0.25, 0.3) is 6.08 Å². The first-order valence-corrected chi connectivity index (χ1v) is 8.28. The van der Waals surface area contributed by atoms with Crippen molar-refractivity contribution in [2.75, 3.05) is 59.5 Å². The van der Waals surface area contributed by atoms with Gasteiger partial charge in [-0.15, -0.1) is 0 Å². The molecular weight excluding hydrogens is 326 g/mol. The number of ether oxygens (including phenoxy) is 3. The highest BCUT2D eigenvalue weighted by atomic mass is 16.9. The van der Waals surface area contributed by atoms with Crippen molar-refractivity contribution in [2.24, 2.45) is 7.05 Å². The average molecular weight is 353 g/mol. The predicted octanol–water partition coefficient (Wildman–Crippen LogP) is -0.300. The third kappa shape index (κ3) is 3.02. The molecular formula is C16H27N5O4. The number of aliphatic hydroxyl groups is 1. The fraction of sp³-hybridized carbons (Fsp3) is 0.688. The summed E-state index contributed by atoms with van der Waals surface area (Å²) in [6, 6.07) is 0. The lowest BCUT2D eigenvalue weighted by Gasteiger charge is -2.34. The van der Waals surface area contributed by atoms with Crippen molar-refractivity contribution < 1.29 is 19.3 Å². The van der Waals surface area contributed by atoms with Gasteiger partial charge in [-0.3, -0.25) is 0 Å². The Morgan fingerprint density at radius 2 is 1.72 bits per heavy atom. The average Bonchev–Trinajstić information content (AvgIpc) is 2.95. The van der Waals surface area contributed by atoms with E-state index in [0.717, 1.165) is 32.1 Å². The fourth-order valence-corrected chi connectivity index (χ4v) is 3.39. The highest BCUT2D eigenvalue weighted by Gasteiger charge is 2.40. The van der Waals surface area contributed by atoms with E-state index >= 15 is 0 Å². The van der Waals surface area contributed by atoms with Gasteiger partial charge in [-0.25, -0.2) is 4.98 Å². The molecule has 1 aromatic heterocycles. The topological polar surface area (TPSA) is 84.2 Å². The number of hydrogen-bond acceptors (Lipinski definition) is 8. The number of nitrogens with zero attached hydrogens (tertiary/aromatic N) is 4. The van der Waals surface area contributed by atoms with Crippen LogP contribution in [0.2, 0.25) is 0 Å². The van der Waals surface area contributed by atoms with Crippen molar-refractivity contribution in [1.29, 1.82) is 0 Å². The van der Waals surface area contributed by atoms with Gasteiger partial charge in [0.25, 0.3) is 0 Å². The molecule has 1 saturated heterocycles. The Bertz CT molecular complexity index is 639. The third-order valence-electron chi connectivity index (χ3n) is 4.90. The van der Waals surface area contributed by atoms with E-state index in [4.69, 9.17) is 19.2 Å². The zero-order valence-corrected chi connectivity index (χ0v) is 15.4. The van der Waals surface area contributed by atoms with Crippen molar-refractivity contribution >= 4 is 12.0 Å². The lowest BCUT2D eigenvalue weighted by molar-refractivity contribution is -0.329. The van der Waals surface area contributed by atoms with Crippen molar-refractivity contribution in [3.05, 3.63) is 17.1 Å². The van der Waals surface area contributed by atoms with Crippen molar-refractivity contribution in [1.82, 2.24) is 19.8 Å². The smallest absolute Gasteiger partial charge is 0.326 e. The van der Waals surface area contributed by atoms with Gasteiger partial charge in [0.15, 0.2) is 6.23 Å². The van der Waals surface area contributed by atoms with Crippen LogP contribution in [-0.2, 0) is 21.3 Å². The summed E-state index contributed by atoms with van der Waals surface area (Å²) in [5, 5.41) is 13.6. The maximum absolute atomic E-state index is 10.6. The number of fused-ring (bicyclic) bond motifs is 1. The maximum Gasteiger partial charge on any atom is 0.326 e. The summed E-state index contributed by atoms with van der Waals surface area (Å²) in [5.41, 5.74) is 1.84. The van der Waals surface area contributed by atoms with E-state index in [2.05, 4.69) is 22.2 Å². The van der Waals surface area contributed by atoms with Crippen LogP contribution in [0.1, 0.15) is 17.6 Å². The number of aromatic nitrogens is 2. The van der Waals surface area contributed by atoms with Gasteiger partial charge in [0, 0.05) is 54.6 Å². The van der Waals surface area contributed by atoms with Gasteiger partial charge in [0.2, 0.25) is 5.95 Å². The minimum Gasteiger partial charge on any atom is -0.368 e. The van der Waals surface area contributed by atoms with E-state index in [1.807, 2.05) is 11.6 Å². The molecule has 2 N–H and O–H groups in total. The van der Waals surface area contributed by atoms with Crippen molar-refractivity contribution in [2.45, 2.75) is 12.2 Å². The Morgan fingerprint density at radius 3 is 2.28 bits per heavy atom. The van der Waals surface area contributed by atoms with Crippen LogP contribution in [0, 0.1) is 0 Å². The Balaban J connectivity index is 1.97. The molecule has 2 aliphatic rings. The van der Waals surface area contributed by atoms with Gasteiger partial charge >= 0.3 is 5.97 Å². The second-order valence-corrected chi connectivity index (χ2v) is 6.31. The minimum atomic E-state index is -1.41. The largest absolute Gasteiger partial charge is 0.368 e. The van der Waals surface area contributed by atoms with Crippen LogP contribution in [0.4, 0.5) is 5.95 Å². The van der Waals surface area contributed by atoms with Crippen molar-refractivity contribution in [3.8, 4) is 0 Å². The molecule has 0 saturated carbocycles. The molecule has 9 nitrogen and oxygen atoms in total. The zero-order chi connectivity index (χ0) is 18.2. The maximum atomic E-state index is 10.6. The van der Waals surface area contributed by atoms with E-state index in [1.54, 1.807) is 6.08 Å². The quantitative estimate of drug-likeness (QED) is 0.698. The van der Waals surface area contributed by atoms with Gasteiger partial charge in [-0.05, 0) is 13.1 Å². The molecule has 140 valence electrons. The second-order valence-electron chi connectivity index (χ2n) is 6.31. The number of aliphatic hydroxyl groups excluding tert-OH is 1. The van der Waals surface area contributed by atoms with Gasteiger partial charge < -0.3 is 39.0 Å². The Labute approximate surface area is 147 Å². The van der Waals surface area contributed by atoms with E-state index in [0.29, 0.717) is 17.1 Å². The molecule has 0 aromatic carbocycles. The van der Waals surface area contributed by atoms with Crippen LogP contribution >= 0.6 is 0 Å². The Morgan fingerprint density at radius 1 is 1.12 bits per heavy atom. The molecule has 3 heterocycles. The van der Waals surface area contributed by atoms with Crippen LogP contribution in [-0.4, -0.2) is 80.1 Å². The fourth-order valence-electron chi connectivity index (χ4n) is 3.39. The number of rotatable bonds is 5. The SMILES string of the molecule is COC(OC)(OC)C1=Cc2nc(N3CCN(C)CC3)n(C)c2C(O)N1. The molecule has 3 rings (SSSR count). The standard InChI is InChI=1S/C16H27N5O4/c1-19-6-8-21(9-7-19)15-17-11-10-12(16(23-3,24-4)25-5)18-14(22)13(11)20(15)2/h10,14,18,22H,6-9H2,1-5H3. The van der Waals surface area contributed by atoms with Gasteiger partial charge in [0.1, 0.15) is 5.70 Å². The number of hydrogen-bond donors (Lipinski definition) is 2. The lowest BCUT2D eigenvalue weighted by Crippen LogP contribution is -2.46. The zero-order valence-electron chi connectivity index (χ0n) is 15.4. The normalized spacial score (nSPS) is 21.8. The molecule has 0 aliphatic carbocycles. The molecule has 0 radical (unpaired) electrons. The monoisotopic (exact) mass is 353 g/mol. The highest BCUT2D eigenvalue weighted by molar-refractivity contribution is 5.59. The first-order valence-electron chi connectivity index (χ1n) is 8.28. The molecule has 1 fully saturated rings. The Hall–Kier alpha value is -1.65. The summed E-state index contributed by atoms with van der Waals surface area (Å²) < 4.78 is 18.0. The van der Waals surface area contributed by atoms with Crippen LogP contribution in [0.3, 0.4) is 0 Å².